The minimum Gasteiger partial charge on any atom is -0.315 e. The normalized spacial score (nSPS) is 30.3. The summed E-state index contributed by atoms with van der Waals surface area (Å²) in [7, 11) is -2.71. The Morgan fingerprint density at radius 3 is 2.20 bits per heavy atom. The molecule has 4 nitrogen and oxygen atoms in total. The number of nitrogens with zero attached hydrogens (tertiary/aromatic N) is 1. The zero-order valence-corrected chi connectivity index (χ0v) is 11.0. The van der Waals surface area contributed by atoms with Crippen LogP contribution in [0.1, 0.15) is 6.42 Å². The average Bonchev–Trinajstić information content (AvgIpc) is 2.56. The van der Waals surface area contributed by atoms with Crippen LogP contribution in [0.4, 0.5) is 0 Å². The zero-order chi connectivity index (χ0) is 9.31. The third-order valence-corrected chi connectivity index (χ3v) is 4.54. The van der Waals surface area contributed by atoms with Crippen LogP contribution in [-0.4, -0.2) is 57.0 Å². The highest BCUT2D eigenvalue weighted by molar-refractivity contribution is 7.91. The molecule has 0 unspecified atom stereocenters. The van der Waals surface area contributed by atoms with Crippen molar-refractivity contribution in [1.82, 2.24) is 10.2 Å². The second kappa shape index (κ2) is 6.25. The molecule has 0 bridgehead atoms. The molecule has 0 amide bonds. The number of rotatable bonds is 1. The van der Waals surface area contributed by atoms with E-state index in [0.29, 0.717) is 17.5 Å². The highest BCUT2D eigenvalue weighted by atomic mass is 35.5. The summed E-state index contributed by atoms with van der Waals surface area (Å²) in [5.74, 6) is 0.701. The van der Waals surface area contributed by atoms with E-state index in [9.17, 15) is 8.42 Å². The molecule has 15 heavy (non-hydrogen) atoms. The smallest absolute Gasteiger partial charge is 0.152 e. The van der Waals surface area contributed by atoms with Crippen molar-refractivity contribution in [3.05, 3.63) is 0 Å². The molecule has 1 atom stereocenters. The first kappa shape index (κ1) is 15.4. The van der Waals surface area contributed by atoms with Gasteiger partial charge in [0.05, 0.1) is 11.5 Å². The quantitative estimate of drug-likeness (QED) is 0.728. The van der Waals surface area contributed by atoms with Crippen LogP contribution in [0.5, 0.6) is 0 Å². The van der Waals surface area contributed by atoms with Crippen molar-refractivity contribution in [2.75, 3.05) is 37.7 Å². The second-order valence-electron chi connectivity index (χ2n) is 3.83. The average molecular weight is 277 g/mol. The van der Waals surface area contributed by atoms with Gasteiger partial charge in [-0.2, -0.15) is 0 Å². The molecule has 2 fully saturated rings. The molecule has 0 aromatic rings. The van der Waals surface area contributed by atoms with Gasteiger partial charge in [-0.25, -0.2) is 8.42 Å². The molecular weight excluding hydrogens is 259 g/mol. The minimum atomic E-state index is -2.71. The summed E-state index contributed by atoms with van der Waals surface area (Å²) in [5, 5.41) is 3.30. The van der Waals surface area contributed by atoms with E-state index in [1.165, 1.54) is 6.42 Å². The van der Waals surface area contributed by atoms with Crippen molar-refractivity contribution in [1.29, 1.82) is 0 Å². The molecule has 0 aromatic heterocycles. The summed E-state index contributed by atoms with van der Waals surface area (Å²) in [4.78, 5) is 2.31. The standard InChI is InChI=1S/C8H16N2O2S.2ClH/c11-13(12)5-3-10(4-6-13)8-1-2-9-7-8;;/h8-9H,1-7H2;2*1H/t8-;;/m0../s1. The van der Waals surface area contributed by atoms with Crippen LogP contribution in [0, 0.1) is 0 Å². The molecule has 0 spiro atoms. The Morgan fingerprint density at radius 2 is 1.73 bits per heavy atom. The first-order chi connectivity index (χ1) is 6.17. The van der Waals surface area contributed by atoms with Crippen molar-refractivity contribution in [2.24, 2.45) is 0 Å². The van der Waals surface area contributed by atoms with Crippen molar-refractivity contribution in [2.45, 2.75) is 12.5 Å². The van der Waals surface area contributed by atoms with E-state index in [1.807, 2.05) is 0 Å². The van der Waals surface area contributed by atoms with E-state index in [4.69, 9.17) is 0 Å². The SMILES string of the molecule is Cl.Cl.O=S1(=O)CCN([C@H]2CCNC2)CC1. The minimum absolute atomic E-state index is 0. The Morgan fingerprint density at radius 1 is 1.13 bits per heavy atom. The van der Waals surface area contributed by atoms with Crippen LogP contribution < -0.4 is 5.32 Å². The first-order valence-corrected chi connectivity index (χ1v) is 6.65. The summed E-state index contributed by atoms with van der Waals surface area (Å²) in [6, 6.07) is 0.579. The molecule has 1 N–H and O–H groups in total. The van der Waals surface area contributed by atoms with Crippen LogP contribution >= 0.6 is 24.8 Å². The van der Waals surface area contributed by atoms with Gasteiger partial charge < -0.3 is 5.32 Å². The van der Waals surface area contributed by atoms with Crippen LogP contribution in [-0.2, 0) is 9.84 Å². The lowest BCUT2D eigenvalue weighted by atomic mass is 10.2. The maximum absolute atomic E-state index is 11.2. The van der Waals surface area contributed by atoms with Gasteiger partial charge in [-0.1, -0.05) is 0 Å². The number of hydrogen-bond donors (Lipinski definition) is 1. The molecular formula is C8H18Cl2N2O2S. The molecule has 2 saturated heterocycles. The molecule has 92 valence electrons. The van der Waals surface area contributed by atoms with Crippen LogP contribution in [0.2, 0.25) is 0 Å². The largest absolute Gasteiger partial charge is 0.315 e. The molecule has 7 heteroatoms. The fourth-order valence-corrected chi connectivity index (χ4v) is 3.27. The summed E-state index contributed by atoms with van der Waals surface area (Å²) >= 11 is 0. The summed E-state index contributed by atoms with van der Waals surface area (Å²) in [5.41, 5.74) is 0. The zero-order valence-electron chi connectivity index (χ0n) is 8.52. The predicted octanol–water partition coefficient (Wildman–Crippen LogP) is -0.0777. The molecule has 0 radical (unpaired) electrons. The van der Waals surface area contributed by atoms with E-state index >= 15 is 0 Å². The van der Waals surface area contributed by atoms with Gasteiger partial charge in [0.1, 0.15) is 0 Å². The fourth-order valence-electron chi connectivity index (χ4n) is 2.04. The van der Waals surface area contributed by atoms with Crippen molar-refractivity contribution < 1.29 is 8.42 Å². The Hall–Kier alpha value is 0.450. The van der Waals surface area contributed by atoms with Crippen LogP contribution in [0.3, 0.4) is 0 Å². The number of hydrogen-bond acceptors (Lipinski definition) is 4. The third-order valence-electron chi connectivity index (χ3n) is 2.93. The Labute approximate surface area is 104 Å². The maximum Gasteiger partial charge on any atom is 0.152 e. The summed E-state index contributed by atoms with van der Waals surface area (Å²) < 4.78 is 22.3. The first-order valence-electron chi connectivity index (χ1n) is 4.82. The fraction of sp³-hybridized carbons (Fsp3) is 1.00. The van der Waals surface area contributed by atoms with Gasteiger partial charge in [0.15, 0.2) is 9.84 Å². The molecule has 0 saturated carbocycles. The Balaban J connectivity index is 0.000000980. The van der Waals surface area contributed by atoms with E-state index < -0.39 is 9.84 Å². The highest BCUT2D eigenvalue weighted by Gasteiger charge is 2.28. The van der Waals surface area contributed by atoms with Gasteiger partial charge >= 0.3 is 0 Å². The molecule has 2 rings (SSSR count). The van der Waals surface area contributed by atoms with Gasteiger partial charge in [-0.15, -0.1) is 24.8 Å². The topological polar surface area (TPSA) is 49.4 Å². The molecule has 2 aliphatic heterocycles. The third kappa shape index (κ3) is 4.07. The van der Waals surface area contributed by atoms with E-state index in [2.05, 4.69) is 10.2 Å². The molecule has 0 aliphatic carbocycles. The van der Waals surface area contributed by atoms with Crippen LogP contribution in [0.15, 0.2) is 0 Å². The van der Waals surface area contributed by atoms with Gasteiger partial charge in [-0.3, -0.25) is 4.90 Å². The van der Waals surface area contributed by atoms with Crippen molar-refractivity contribution in [3.8, 4) is 0 Å². The highest BCUT2D eigenvalue weighted by Crippen LogP contribution is 2.12. The monoisotopic (exact) mass is 276 g/mol. The number of nitrogens with one attached hydrogen (secondary N) is 1. The summed E-state index contributed by atoms with van der Waals surface area (Å²) in [6.45, 7) is 3.57. The number of halogens is 2. The maximum atomic E-state index is 11.2. The molecule has 2 aliphatic rings. The van der Waals surface area contributed by atoms with E-state index in [1.54, 1.807) is 0 Å². The Bertz CT molecular complexity index is 264. The Kier molecular flexibility index (Phi) is 6.44. The lowest BCUT2D eigenvalue weighted by molar-refractivity contribution is 0.225. The second-order valence-corrected chi connectivity index (χ2v) is 6.14. The van der Waals surface area contributed by atoms with Gasteiger partial charge in [0.2, 0.25) is 0 Å². The van der Waals surface area contributed by atoms with Gasteiger partial charge in [0, 0.05) is 25.7 Å². The molecule has 2 heterocycles. The van der Waals surface area contributed by atoms with Crippen molar-refractivity contribution in [3.63, 3.8) is 0 Å². The van der Waals surface area contributed by atoms with Crippen LogP contribution in [0.25, 0.3) is 0 Å². The van der Waals surface area contributed by atoms with E-state index in [0.717, 1.165) is 26.2 Å². The molecule has 0 aromatic carbocycles. The lowest BCUT2D eigenvalue weighted by Gasteiger charge is -2.31. The summed E-state index contributed by atoms with van der Waals surface area (Å²) in [6.07, 6.45) is 1.17. The van der Waals surface area contributed by atoms with Crippen molar-refractivity contribution >= 4 is 34.7 Å². The predicted molar refractivity (Wildman–Crippen MR) is 66.0 cm³/mol. The lowest BCUT2D eigenvalue weighted by Crippen LogP contribution is -2.46. The van der Waals surface area contributed by atoms with E-state index in [-0.39, 0.29) is 24.8 Å². The number of sulfone groups is 1. The van der Waals surface area contributed by atoms with Gasteiger partial charge in [0.25, 0.3) is 0 Å². The van der Waals surface area contributed by atoms with Gasteiger partial charge in [-0.05, 0) is 13.0 Å².